The number of nitrogens with one attached hydrogen (secondary N) is 1. The van der Waals surface area contributed by atoms with E-state index in [1.165, 1.54) is 0 Å². The van der Waals surface area contributed by atoms with E-state index in [9.17, 15) is 24.3 Å². The molecule has 0 bridgehead atoms. The van der Waals surface area contributed by atoms with E-state index in [-0.39, 0.29) is 11.5 Å². The minimum Gasteiger partial charge on any atom is -0.489 e. The van der Waals surface area contributed by atoms with Crippen molar-refractivity contribution in [2.24, 2.45) is 5.92 Å². The van der Waals surface area contributed by atoms with Gasteiger partial charge >= 0.3 is 10.8 Å². The number of hydrogen-bond acceptors (Lipinski definition) is 7. The summed E-state index contributed by atoms with van der Waals surface area (Å²) < 4.78 is 6.10. The summed E-state index contributed by atoms with van der Waals surface area (Å²) in [5.74, 6) is -3.40. The molecular weight excluding hydrogens is 500 g/mol. The van der Waals surface area contributed by atoms with E-state index in [2.05, 4.69) is 4.98 Å². The lowest BCUT2D eigenvalue weighted by atomic mass is 9.82. The van der Waals surface area contributed by atoms with E-state index in [1.54, 1.807) is 36.4 Å². The van der Waals surface area contributed by atoms with Crippen molar-refractivity contribution in [2.75, 3.05) is 6.54 Å². The number of carbonyl (C=O) groups is 3. The van der Waals surface area contributed by atoms with Crippen molar-refractivity contribution in [1.82, 2.24) is 9.88 Å². The number of benzene rings is 2. The molecule has 0 radical (unpaired) electrons. The molecule has 3 aromatic rings. The fraction of sp³-hybridized carbons (Fsp3) is 0.217. The number of hydrogen-bond donors (Lipinski definition) is 2. The third-order valence-corrected chi connectivity index (χ3v) is 8.38. The molecule has 1 aromatic heterocycles. The molecular formula is C23H17ClN2O6S2. The molecule has 174 valence electrons. The number of thiazole rings is 1. The van der Waals surface area contributed by atoms with Gasteiger partial charge in [-0.1, -0.05) is 65.0 Å². The molecule has 0 aliphatic carbocycles. The molecule has 0 saturated carbocycles. The summed E-state index contributed by atoms with van der Waals surface area (Å²) in [6.07, 6.45) is 0. The number of aliphatic carboxylic acids is 1. The van der Waals surface area contributed by atoms with E-state index < -0.39 is 41.4 Å². The Bertz CT molecular complexity index is 1370. The Kier molecular flexibility index (Phi) is 5.97. The highest BCUT2D eigenvalue weighted by Gasteiger charge is 2.56. The van der Waals surface area contributed by atoms with Crippen LogP contribution in [-0.2, 0) is 21.0 Å². The van der Waals surface area contributed by atoms with Crippen LogP contribution in [0.2, 0.25) is 5.02 Å². The first-order chi connectivity index (χ1) is 16.3. The monoisotopic (exact) mass is 516 g/mol. The van der Waals surface area contributed by atoms with Crippen molar-refractivity contribution in [3.05, 3.63) is 79.2 Å². The average molecular weight is 517 g/mol. The highest BCUT2D eigenvalue weighted by Crippen LogP contribution is 2.53. The fourth-order valence-corrected chi connectivity index (χ4v) is 7.10. The summed E-state index contributed by atoms with van der Waals surface area (Å²) in [5.41, 5.74) is 1.50. The number of rotatable bonds is 6. The maximum Gasteiger partial charge on any atom is 0.323 e. The Morgan fingerprint density at radius 3 is 2.68 bits per heavy atom. The molecule has 1 saturated heterocycles. The average Bonchev–Trinajstić information content (AvgIpc) is 3.28. The lowest BCUT2D eigenvalue weighted by molar-refractivity contribution is -0.149. The van der Waals surface area contributed by atoms with Gasteiger partial charge in [-0.2, -0.15) is 0 Å². The van der Waals surface area contributed by atoms with Crippen LogP contribution in [0.25, 0.3) is 0 Å². The Morgan fingerprint density at radius 2 is 1.91 bits per heavy atom. The van der Waals surface area contributed by atoms with Gasteiger partial charge in [0.05, 0.1) is 10.9 Å². The molecule has 2 N–H and O–H groups in total. The maximum atomic E-state index is 13.3. The number of thioether (sulfide) groups is 1. The number of aromatic nitrogens is 1. The van der Waals surface area contributed by atoms with Crippen LogP contribution in [0.1, 0.15) is 21.9 Å². The van der Waals surface area contributed by atoms with Crippen LogP contribution in [0.3, 0.4) is 0 Å². The number of aromatic amines is 1. The van der Waals surface area contributed by atoms with Gasteiger partial charge in [-0.05, 0) is 23.8 Å². The van der Waals surface area contributed by atoms with Gasteiger partial charge in [0.25, 0.3) is 0 Å². The molecule has 8 nitrogen and oxygen atoms in total. The van der Waals surface area contributed by atoms with Gasteiger partial charge in [0.2, 0.25) is 11.8 Å². The molecule has 34 heavy (non-hydrogen) atoms. The molecule has 2 aliphatic heterocycles. The predicted octanol–water partition coefficient (Wildman–Crippen LogP) is 3.34. The van der Waals surface area contributed by atoms with E-state index >= 15 is 0 Å². The van der Waals surface area contributed by atoms with Crippen LogP contribution in [0.4, 0.5) is 0 Å². The van der Waals surface area contributed by atoms with Crippen LogP contribution in [-0.4, -0.2) is 44.6 Å². The molecule has 2 aliphatic rings. The zero-order valence-corrected chi connectivity index (χ0v) is 19.8. The summed E-state index contributed by atoms with van der Waals surface area (Å²) >= 11 is 8.16. The van der Waals surface area contributed by atoms with Crippen molar-refractivity contribution in [3.63, 3.8) is 0 Å². The quantitative estimate of drug-likeness (QED) is 0.482. The molecule has 3 heterocycles. The molecule has 2 amide bonds. The summed E-state index contributed by atoms with van der Waals surface area (Å²) in [4.78, 5) is 53.7. The second kappa shape index (κ2) is 8.94. The summed E-state index contributed by atoms with van der Waals surface area (Å²) in [6.45, 7) is -0.476. The first kappa shape index (κ1) is 22.7. The van der Waals surface area contributed by atoms with Gasteiger partial charge in [-0.15, -0.1) is 0 Å². The van der Waals surface area contributed by atoms with E-state index in [1.807, 2.05) is 12.1 Å². The van der Waals surface area contributed by atoms with Crippen molar-refractivity contribution in [1.29, 1.82) is 0 Å². The number of carboxylic acid groups (broad SMARTS) is 1. The zero-order valence-electron chi connectivity index (χ0n) is 17.4. The molecule has 2 aromatic carbocycles. The SMILES string of the molecule is O=C(O)CN1C(=O)C2Sc3[nH]c(=O)sc3[C@@H](c3ccccc3OCc3cccc(Cl)c3)C2C1=O. The van der Waals surface area contributed by atoms with Crippen molar-refractivity contribution in [2.45, 2.75) is 22.8 Å². The lowest BCUT2D eigenvalue weighted by Crippen LogP contribution is -2.36. The normalized spacial score (nSPS) is 21.3. The molecule has 1 fully saturated rings. The second-order valence-corrected chi connectivity index (χ2v) is 10.5. The van der Waals surface area contributed by atoms with E-state index in [0.717, 1.165) is 33.6 Å². The highest BCUT2D eigenvalue weighted by molar-refractivity contribution is 8.00. The van der Waals surface area contributed by atoms with Crippen LogP contribution in [0.5, 0.6) is 5.75 Å². The number of carbonyl (C=O) groups excluding carboxylic acids is 2. The van der Waals surface area contributed by atoms with Gasteiger partial charge in [0, 0.05) is 21.4 Å². The van der Waals surface area contributed by atoms with Gasteiger partial charge < -0.3 is 14.8 Å². The summed E-state index contributed by atoms with van der Waals surface area (Å²) in [6, 6.07) is 14.4. The number of likely N-dealkylation sites (tertiary alicyclic amines) is 1. The first-order valence-corrected chi connectivity index (χ1v) is 12.3. The van der Waals surface area contributed by atoms with Crippen LogP contribution >= 0.6 is 34.7 Å². The van der Waals surface area contributed by atoms with E-state index in [4.69, 9.17) is 16.3 Å². The maximum absolute atomic E-state index is 13.3. The smallest absolute Gasteiger partial charge is 0.323 e. The molecule has 11 heteroatoms. The summed E-state index contributed by atoms with van der Waals surface area (Å²) in [5, 5.41) is 9.47. The number of imide groups is 1. The third kappa shape index (κ3) is 4.02. The molecule has 2 unspecified atom stereocenters. The number of carboxylic acids is 1. The second-order valence-electron chi connectivity index (χ2n) is 7.86. The van der Waals surface area contributed by atoms with Gasteiger partial charge in [-0.3, -0.25) is 24.1 Å². The molecule has 0 spiro atoms. The van der Waals surface area contributed by atoms with Gasteiger partial charge in [-0.25, -0.2) is 0 Å². The van der Waals surface area contributed by atoms with Gasteiger partial charge in [0.15, 0.2) is 0 Å². The van der Waals surface area contributed by atoms with Crippen molar-refractivity contribution >= 4 is 52.5 Å². The number of para-hydroxylation sites is 1. The zero-order chi connectivity index (χ0) is 24.0. The standard InChI is InChI=1S/C23H17ClN2O6S2/c24-12-5-3-4-11(8-12)10-32-14-7-2-1-6-13(14)16-17-19(33-20-18(16)34-23(31)25-20)22(30)26(21(17)29)9-15(27)28/h1-8,16-17,19H,9-10H2,(H,25,31)(H,27,28)/t16-,17?,19?/m0/s1. The predicted molar refractivity (Wildman–Crippen MR) is 126 cm³/mol. The summed E-state index contributed by atoms with van der Waals surface area (Å²) in [7, 11) is 0. The number of halogens is 1. The first-order valence-electron chi connectivity index (χ1n) is 10.3. The number of amides is 2. The minimum atomic E-state index is -1.27. The van der Waals surface area contributed by atoms with E-state index in [0.29, 0.717) is 26.2 Å². The van der Waals surface area contributed by atoms with Crippen molar-refractivity contribution < 1.29 is 24.2 Å². The Labute approximate surface area is 206 Å². The highest BCUT2D eigenvalue weighted by atomic mass is 35.5. The Morgan fingerprint density at radius 1 is 1.12 bits per heavy atom. The largest absolute Gasteiger partial charge is 0.489 e. The molecule has 5 rings (SSSR count). The number of H-pyrrole nitrogens is 1. The molecule has 3 atom stereocenters. The number of ether oxygens (including phenoxy) is 1. The minimum absolute atomic E-state index is 0.224. The Hall–Kier alpha value is -3.08. The topological polar surface area (TPSA) is 117 Å². The Balaban J connectivity index is 1.56. The van der Waals surface area contributed by atoms with Crippen LogP contribution in [0, 0.1) is 5.92 Å². The third-order valence-electron chi connectivity index (χ3n) is 5.75. The van der Waals surface area contributed by atoms with Gasteiger partial charge in [0.1, 0.15) is 24.2 Å². The fourth-order valence-electron chi connectivity index (χ4n) is 4.36. The number of nitrogens with zero attached hydrogens (tertiary/aromatic N) is 1. The van der Waals surface area contributed by atoms with Crippen LogP contribution < -0.4 is 9.61 Å². The number of fused-ring (bicyclic) bond motifs is 2. The lowest BCUT2D eigenvalue weighted by Gasteiger charge is -2.30. The van der Waals surface area contributed by atoms with Crippen LogP contribution in [0.15, 0.2) is 58.4 Å². The van der Waals surface area contributed by atoms with Crippen molar-refractivity contribution in [3.8, 4) is 5.75 Å².